The minimum absolute atomic E-state index is 0.0112. The van der Waals surface area contributed by atoms with Crippen molar-refractivity contribution in [1.82, 2.24) is 15.1 Å². The zero-order valence-electron chi connectivity index (χ0n) is 18.0. The highest BCUT2D eigenvalue weighted by Crippen LogP contribution is 2.34. The average molecular weight is 423 g/mol. The van der Waals surface area contributed by atoms with Crippen LogP contribution in [0.4, 0.5) is 10.1 Å². The van der Waals surface area contributed by atoms with Gasteiger partial charge in [-0.15, -0.1) is 0 Å². The van der Waals surface area contributed by atoms with Crippen molar-refractivity contribution in [2.45, 2.75) is 38.8 Å². The Kier molecular flexibility index (Phi) is 6.04. The van der Waals surface area contributed by atoms with E-state index in [1.54, 1.807) is 23.9 Å². The number of rotatable bonds is 6. The molecule has 1 fully saturated rings. The second-order valence-electron chi connectivity index (χ2n) is 7.99. The van der Waals surface area contributed by atoms with Crippen LogP contribution in [0.5, 0.6) is 5.75 Å². The number of anilines is 1. The van der Waals surface area contributed by atoms with Gasteiger partial charge in [0, 0.05) is 36.1 Å². The molecule has 1 saturated heterocycles. The van der Waals surface area contributed by atoms with E-state index < -0.39 is 0 Å². The summed E-state index contributed by atoms with van der Waals surface area (Å²) in [5.74, 6) is 0.110. The number of nitrogens with one attached hydrogen (secondary N) is 2. The molecule has 1 aliphatic heterocycles. The van der Waals surface area contributed by atoms with Gasteiger partial charge in [0.15, 0.2) is 0 Å². The number of benzene rings is 2. The van der Waals surface area contributed by atoms with Gasteiger partial charge < -0.3 is 15.4 Å². The standard InChI is InChI=1S/C24H27FN4O2/c1-15-13-17(6-8-20(15)25)24(30)28-18-7-9-23(31-16(2)21-5-4-11-26-21)19(14-18)22-10-12-27-29(22)3/h6-10,12-14,16,21,26H,4-5,11H2,1-3H3,(H,28,30)/t16-,21?/m0/s1. The molecule has 162 valence electrons. The van der Waals surface area contributed by atoms with Crippen LogP contribution >= 0.6 is 0 Å². The number of amides is 1. The molecule has 2 N–H and O–H groups in total. The van der Waals surface area contributed by atoms with Crippen LogP contribution in [0.15, 0.2) is 48.7 Å². The molecule has 3 aromatic rings. The molecule has 0 spiro atoms. The number of hydrogen-bond donors (Lipinski definition) is 2. The van der Waals surface area contributed by atoms with Crippen LogP contribution < -0.4 is 15.4 Å². The van der Waals surface area contributed by atoms with Gasteiger partial charge in [-0.1, -0.05) is 0 Å². The van der Waals surface area contributed by atoms with Crippen LogP contribution in [0.1, 0.15) is 35.7 Å². The van der Waals surface area contributed by atoms with Crippen molar-refractivity contribution in [3.05, 3.63) is 65.6 Å². The van der Waals surface area contributed by atoms with Crippen LogP contribution in [0.2, 0.25) is 0 Å². The summed E-state index contributed by atoms with van der Waals surface area (Å²) in [4.78, 5) is 12.7. The van der Waals surface area contributed by atoms with Gasteiger partial charge >= 0.3 is 0 Å². The van der Waals surface area contributed by atoms with E-state index in [9.17, 15) is 9.18 Å². The van der Waals surface area contributed by atoms with Crippen molar-refractivity contribution in [2.75, 3.05) is 11.9 Å². The lowest BCUT2D eigenvalue weighted by atomic mass is 10.1. The number of carbonyl (C=O) groups is 1. The van der Waals surface area contributed by atoms with E-state index in [0.29, 0.717) is 22.9 Å². The Hall–Kier alpha value is -3.19. The highest BCUT2D eigenvalue weighted by Gasteiger charge is 2.24. The first-order valence-electron chi connectivity index (χ1n) is 10.5. The fourth-order valence-electron chi connectivity index (χ4n) is 3.93. The van der Waals surface area contributed by atoms with Gasteiger partial charge in [-0.05, 0) is 81.3 Å². The maximum Gasteiger partial charge on any atom is 0.255 e. The quantitative estimate of drug-likeness (QED) is 0.621. The van der Waals surface area contributed by atoms with Crippen LogP contribution in [0, 0.1) is 12.7 Å². The maximum atomic E-state index is 13.5. The number of carbonyl (C=O) groups excluding carboxylic acids is 1. The average Bonchev–Trinajstić information content (AvgIpc) is 3.43. The van der Waals surface area contributed by atoms with Crippen molar-refractivity contribution < 1.29 is 13.9 Å². The third-order valence-corrected chi connectivity index (χ3v) is 5.73. The van der Waals surface area contributed by atoms with Gasteiger partial charge in [-0.2, -0.15) is 5.10 Å². The predicted molar refractivity (Wildman–Crippen MR) is 119 cm³/mol. The number of hydrogen-bond acceptors (Lipinski definition) is 4. The van der Waals surface area contributed by atoms with Gasteiger partial charge in [-0.25, -0.2) is 4.39 Å². The molecular formula is C24H27FN4O2. The van der Waals surface area contributed by atoms with Crippen molar-refractivity contribution >= 4 is 11.6 Å². The molecule has 1 amide bonds. The summed E-state index contributed by atoms with van der Waals surface area (Å²) in [5, 5.41) is 10.7. The zero-order valence-corrected chi connectivity index (χ0v) is 18.0. The van der Waals surface area contributed by atoms with E-state index in [-0.39, 0.29) is 17.8 Å². The molecule has 2 aromatic carbocycles. The third-order valence-electron chi connectivity index (χ3n) is 5.73. The summed E-state index contributed by atoms with van der Waals surface area (Å²) in [6.45, 7) is 4.72. The molecule has 6 nitrogen and oxygen atoms in total. The van der Waals surface area contributed by atoms with Crippen LogP contribution in [0.3, 0.4) is 0 Å². The second kappa shape index (κ2) is 8.89. The van der Waals surface area contributed by atoms with E-state index in [1.807, 2.05) is 31.3 Å². The van der Waals surface area contributed by atoms with E-state index in [2.05, 4.69) is 22.7 Å². The lowest BCUT2D eigenvalue weighted by Gasteiger charge is -2.23. The summed E-state index contributed by atoms with van der Waals surface area (Å²) in [6, 6.07) is 12.1. The van der Waals surface area contributed by atoms with Crippen molar-refractivity contribution in [3.8, 4) is 17.0 Å². The van der Waals surface area contributed by atoms with Crippen LogP contribution in [-0.4, -0.2) is 34.4 Å². The molecule has 0 radical (unpaired) electrons. The van der Waals surface area contributed by atoms with Gasteiger partial charge in [0.05, 0.1) is 5.69 Å². The molecule has 2 heterocycles. The summed E-state index contributed by atoms with van der Waals surface area (Å²) in [7, 11) is 1.87. The third kappa shape index (κ3) is 4.61. The number of aromatic nitrogens is 2. The molecule has 0 aliphatic carbocycles. The molecule has 0 saturated carbocycles. The van der Waals surface area contributed by atoms with E-state index in [4.69, 9.17) is 4.74 Å². The number of ether oxygens (including phenoxy) is 1. The zero-order chi connectivity index (χ0) is 22.0. The topological polar surface area (TPSA) is 68.2 Å². The Bertz CT molecular complexity index is 1090. The summed E-state index contributed by atoms with van der Waals surface area (Å²) in [5.41, 5.74) is 3.19. The lowest BCUT2D eigenvalue weighted by molar-refractivity contribution is 0.102. The first-order chi connectivity index (χ1) is 14.9. The Morgan fingerprint density at radius 1 is 1.29 bits per heavy atom. The highest BCUT2D eigenvalue weighted by atomic mass is 19.1. The first kappa shape index (κ1) is 21.1. The van der Waals surface area contributed by atoms with E-state index in [1.165, 1.54) is 12.1 Å². The summed E-state index contributed by atoms with van der Waals surface area (Å²) in [6.07, 6.45) is 3.99. The molecule has 2 atom stereocenters. The summed E-state index contributed by atoms with van der Waals surface area (Å²) < 4.78 is 21.6. The lowest BCUT2D eigenvalue weighted by Crippen LogP contribution is -2.36. The van der Waals surface area contributed by atoms with E-state index >= 15 is 0 Å². The Balaban J connectivity index is 1.61. The molecule has 1 aliphatic rings. The fourth-order valence-corrected chi connectivity index (χ4v) is 3.93. The Morgan fingerprint density at radius 2 is 2.13 bits per heavy atom. The Morgan fingerprint density at radius 3 is 2.81 bits per heavy atom. The minimum Gasteiger partial charge on any atom is -0.488 e. The van der Waals surface area contributed by atoms with Gasteiger partial charge in [0.25, 0.3) is 5.91 Å². The van der Waals surface area contributed by atoms with Gasteiger partial charge in [0.1, 0.15) is 17.7 Å². The normalized spacial score (nSPS) is 16.8. The van der Waals surface area contributed by atoms with Crippen LogP contribution in [-0.2, 0) is 7.05 Å². The number of halogens is 1. The largest absolute Gasteiger partial charge is 0.488 e. The monoisotopic (exact) mass is 422 g/mol. The SMILES string of the molecule is Cc1cc(C(=O)Nc2ccc(O[C@@H](C)C3CCCN3)c(-c3ccnn3C)c2)ccc1F. The smallest absolute Gasteiger partial charge is 0.255 e. The molecule has 1 unspecified atom stereocenters. The molecule has 7 heteroatoms. The van der Waals surface area contributed by atoms with Crippen LogP contribution in [0.25, 0.3) is 11.3 Å². The fraction of sp³-hybridized carbons (Fsp3) is 0.333. The van der Waals surface area contributed by atoms with E-state index in [0.717, 1.165) is 36.4 Å². The number of nitrogens with zero attached hydrogens (tertiary/aromatic N) is 2. The summed E-state index contributed by atoms with van der Waals surface area (Å²) >= 11 is 0. The van der Waals surface area contributed by atoms with Crippen molar-refractivity contribution in [1.29, 1.82) is 0 Å². The molecule has 1 aromatic heterocycles. The number of aryl methyl sites for hydroxylation is 2. The highest BCUT2D eigenvalue weighted by molar-refractivity contribution is 6.04. The van der Waals surface area contributed by atoms with Gasteiger partial charge in [-0.3, -0.25) is 9.48 Å². The molecule has 0 bridgehead atoms. The first-order valence-corrected chi connectivity index (χ1v) is 10.5. The minimum atomic E-state index is -0.331. The predicted octanol–water partition coefficient (Wildman–Crippen LogP) is 4.31. The van der Waals surface area contributed by atoms with Crippen molar-refractivity contribution in [3.63, 3.8) is 0 Å². The Labute approximate surface area is 181 Å². The molecular weight excluding hydrogens is 395 g/mol. The maximum absolute atomic E-state index is 13.5. The molecule has 4 rings (SSSR count). The second-order valence-corrected chi connectivity index (χ2v) is 7.99. The van der Waals surface area contributed by atoms with Gasteiger partial charge in [0.2, 0.25) is 0 Å². The molecule has 31 heavy (non-hydrogen) atoms. The van der Waals surface area contributed by atoms with Crippen molar-refractivity contribution in [2.24, 2.45) is 7.05 Å².